The molecule has 1 saturated heterocycles. The van der Waals surface area contributed by atoms with E-state index in [2.05, 4.69) is 31.4 Å². The van der Waals surface area contributed by atoms with Gasteiger partial charge in [0, 0.05) is 6.54 Å². The minimum absolute atomic E-state index is 0.0602. The number of halogens is 1. The van der Waals surface area contributed by atoms with E-state index in [-0.39, 0.29) is 23.7 Å². The summed E-state index contributed by atoms with van der Waals surface area (Å²) >= 11 is 0. The lowest BCUT2D eigenvalue weighted by Gasteiger charge is -2.48. The summed E-state index contributed by atoms with van der Waals surface area (Å²) in [5.41, 5.74) is 1.69. The van der Waals surface area contributed by atoms with Crippen molar-refractivity contribution >= 4 is 23.1 Å². The fourth-order valence-electron chi connectivity index (χ4n) is 4.22. The van der Waals surface area contributed by atoms with Gasteiger partial charge in [-0.3, -0.25) is 9.79 Å². The Balaban J connectivity index is 1.63. The Kier molecular flexibility index (Phi) is 5.26. The lowest BCUT2D eigenvalue weighted by Crippen LogP contribution is -2.63. The fourth-order valence-corrected chi connectivity index (χ4v) is 4.22. The Morgan fingerprint density at radius 3 is 2.57 bits per heavy atom. The van der Waals surface area contributed by atoms with Crippen LogP contribution in [0.4, 0.5) is 15.8 Å². The third-order valence-electron chi connectivity index (χ3n) is 5.60. The summed E-state index contributed by atoms with van der Waals surface area (Å²) in [4.78, 5) is 19.9. The predicted octanol–water partition coefficient (Wildman–Crippen LogP) is 4.46. The zero-order valence-corrected chi connectivity index (χ0v) is 17.8. The predicted molar refractivity (Wildman–Crippen MR) is 120 cm³/mol. The van der Waals surface area contributed by atoms with E-state index in [0.29, 0.717) is 18.7 Å². The standard InChI is InChI=1S/C24H29FN4O/c1-23(2,3)28-22-24(27-20-12-7-6-11-19(20)26-22)13-8-14-29(16-24)21(30)15-17-9-4-5-10-18(17)25/h4-7,9-12,27H,8,13-16H2,1-3H3,(H,26,28). The number of para-hydroxylation sites is 2. The van der Waals surface area contributed by atoms with Gasteiger partial charge in [0.2, 0.25) is 5.91 Å². The van der Waals surface area contributed by atoms with Gasteiger partial charge < -0.3 is 15.5 Å². The molecule has 30 heavy (non-hydrogen) atoms. The smallest absolute Gasteiger partial charge is 0.227 e. The summed E-state index contributed by atoms with van der Waals surface area (Å²) < 4.78 is 14.1. The van der Waals surface area contributed by atoms with Crippen molar-refractivity contribution in [2.75, 3.05) is 23.7 Å². The van der Waals surface area contributed by atoms with Crippen LogP contribution < -0.4 is 10.6 Å². The maximum atomic E-state index is 14.1. The van der Waals surface area contributed by atoms with Crippen molar-refractivity contribution in [3.05, 3.63) is 59.9 Å². The van der Waals surface area contributed by atoms with Gasteiger partial charge in [-0.2, -0.15) is 0 Å². The summed E-state index contributed by atoms with van der Waals surface area (Å²) in [5.74, 6) is 0.464. The molecule has 6 heteroatoms. The molecule has 2 N–H and O–H groups in total. The third kappa shape index (κ3) is 4.18. The van der Waals surface area contributed by atoms with E-state index >= 15 is 0 Å². The molecule has 2 aliphatic rings. The number of hydrogen-bond donors (Lipinski definition) is 2. The monoisotopic (exact) mass is 408 g/mol. The fraction of sp³-hybridized carbons (Fsp3) is 0.417. The number of amidine groups is 1. The first-order valence-corrected chi connectivity index (χ1v) is 10.5. The molecule has 4 rings (SSSR count). The maximum Gasteiger partial charge on any atom is 0.227 e. The van der Waals surface area contributed by atoms with Crippen LogP contribution >= 0.6 is 0 Å². The van der Waals surface area contributed by atoms with Crippen LogP contribution in [0.2, 0.25) is 0 Å². The Labute approximate surface area is 177 Å². The van der Waals surface area contributed by atoms with Crippen LogP contribution in [-0.2, 0) is 11.2 Å². The number of piperidine rings is 1. The summed E-state index contributed by atoms with van der Waals surface area (Å²) in [6.45, 7) is 7.37. The molecule has 0 saturated carbocycles. The topological polar surface area (TPSA) is 56.7 Å². The second-order valence-electron chi connectivity index (χ2n) is 9.20. The number of carbonyl (C=O) groups excluding carboxylic acids is 1. The summed E-state index contributed by atoms with van der Waals surface area (Å²) in [6.07, 6.45) is 1.79. The van der Waals surface area contributed by atoms with Gasteiger partial charge in [0.15, 0.2) is 0 Å². The van der Waals surface area contributed by atoms with E-state index in [0.717, 1.165) is 30.1 Å². The number of benzene rings is 2. The van der Waals surface area contributed by atoms with E-state index in [1.165, 1.54) is 6.07 Å². The van der Waals surface area contributed by atoms with E-state index in [1.54, 1.807) is 18.2 Å². The van der Waals surface area contributed by atoms with E-state index in [9.17, 15) is 9.18 Å². The summed E-state index contributed by atoms with van der Waals surface area (Å²) in [7, 11) is 0. The number of nitrogens with one attached hydrogen (secondary N) is 2. The Morgan fingerprint density at radius 1 is 1.13 bits per heavy atom. The van der Waals surface area contributed by atoms with E-state index in [1.807, 2.05) is 29.2 Å². The molecule has 2 heterocycles. The SMILES string of the molecule is CC(C)(C)N=C1Nc2ccccc2NC12CCCN(C(=O)Cc1ccccc1F)C2. The molecule has 0 aromatic heterocycles. The number of likely N-dealkylation sites (tertiary alicyclic amines) is 1. The first-order valence-electron chi connectivity index (χ1n) is 10.5. The summed E-state index contributed by atoms with van der Waals surface area (Å²) in [6, 6.07) is 14.5. The number of hydrogen-bond acceptors (Lipinski definition) is 3. The molecule has 2 aromatic rings. The highest BCUT2D eigenvalue weighted by Gasteiger charge is 2.45. The Bertz CT molecular complexity index is 981. The largest absolute Gasteiger partial charge is 0.370 e. The Hall–Kier alpha value is -2.89. The quantitative estimate of drug-likeness (QED) is 0.771. The van der Waals surface area contributed by atoms with Gasteiger partial charge in [-0.25, -0.2) is 4.39 Å². The number of nitrogens with zero attached hydrogens (tertiary/aromatic N) is 2. The molecule has 0 radical (unpaired) electrons. The van der Waals surface area contributed by atoms with Crippen LogP contribution in [0.5, 0.6) is 0 Å². The number of carbonyl (C=O) groups is 1. The lowest BCUT2D eigenvalue weighted by molar-refractivity contribution is -0.131. The van der Waals surface area contributed by atoms with Crippen molar-refractivity contribution in [1.29, 1.82) is 0 Å². The average molecular weight is 409 g/mol. The molecular formula is C24H29FN4O. The molecule has 1 amide bonds. The molecular weight excluding hydrogens is 379 g/mol. The number of rotatable bonds is 2. The van der Waals surface area contributed by atoms with Crippen molar-refractivity contribution < 1.29 is 9.18 Å². The lowest BCUT2D eigenvalue weighted by atomic mass is 9.84. The number of aliphatic imine (C=N–C) groups is 1. The van der Waals surface area contributed by atoms with Crippen LogP contribution in [0.25, 0.3) is 0 Å². The van der Waals surface area contributed by atoms with E-state index in [4.69, 9.17) is 4.99 Å². The van der Waals surface area contributed by atoms with Crippen molar-refractivity contribution in [2.24, 2.45) is 4.99 Å². The van der Waals surface area contributed by atoms with Gasteiger partial charge in [0.05, 0.1) is 29.9 Å². The van der Waals surface area contributed by atoms with Gasteiger partial charge in [0.1, 0.15) is 17.2 Å². The van der Waals surface area contributed by atoms with Crippen molar-refractivity contribution in [2.45, 2.75) is 51.1 Å². The second-order valence-corrected chi connectivity index (χ2v) is 9.20. The molecule has 0 aliphatic carbocycles. The molecule has 2 aliphatic heterocycles. The van der Waals surface area contributed by atoms with E-state index < -0.39 is 5.54 Å². The van der Waals surface area contributed by atoms with Gasteiger partial charge in [-0.1, -0.05) is 30.3 Å². The zero-order chi connectivity index (χ0) is 21.4. The molecule has 1 unspecified atom stereocenters. The molecule has 5 nitrogen and oxygen atoms in total. The van der Waals surface area contributed by atoms with Gasteiger partial charge >= 0.3 is 0 Å². The van der Waals surface area contributed by atoms with Crippen LogP contribution in [0.3, 0.4) is 0 Å². The normalized spacial score (nSPS) is 22.4. The minimum Gasteiger partial charge on any atom is -0.370 e. The molecule has 2 aromatic carbocycles. The number of anilines is 2. The molecule has 0 bridgehead atoms. The van der Waals surface area contributed by atoms with Crippen LogP contribution in [0.15, 0.2) is 53.5 Å². The van der Waals surface area contributed by atoms with Crippen LogP contribution in [0.1, 0.15) is 39.2 Å². The minimum atomic E-state index is -0.481. The maximum absolute atomic E-state index is 14.1. The zero-order valence-electron chi connectivity index (χ0n) is 17.8. The molecule has 158 valence electrons. The van der Waals surface area contributed by atoms with Gasteiger partial charge in [0.25, 0.3) is 0 Å². The van der Waals surface area contributed by atoms with Crippen molar-refractivity contribution in [3.63, 3.8) is 0 Å². The highest BCUT2D eigenvalue weighted by molar-refractivity contribution is 6.10. The molecule has 1 atom stereocenters. The van der Waals surface area contributed by atoms with Gasteiger partial charge in [-0.05, 0) is 57.4 Å². The average Bonchev–Trinajstić information content (AvgIpc) is 2.69. The summed E-state index contributed by atoms with van der Waals surface area (Å²) in [5, 5.41) is 7.21. The highest BCUT2D eigenvalue weighted by atomic mass is 19.1. The molecule has 1 fully saturated rings. The van der Waals surface area contributed by atoms with Crippen molar-refractivity contribution in [3.8, 4) is 0 Å². The first kappa shape index (κ1) is 20.4. The van der Waals surface area contributed by atoms with Crippen LogP contribution in [-0.4, -0.2) is 40.8 Å². The third-order valence-corrected chi connectivity index (χ3v) is 5.60. The number of fused-ring (bicyclic) bond motifs is 1. The number of amides is 1. The first-order chi connectivity index (χ1) is 14.3. The van der Waals surface area contributed by atoms with Crippen molar-refractivity contribution in [1.82, 2.24) is 4.90 Å². The highest BCUT2D eigenvalue weighted by Crippen LogP contribution is 2.37. The van der Waals surface area contributed by atoms with Gasteiger partial charge in [-0.15, -0.1) is 0 Å². The second kappa shape index (κ2) is 7.74. The van der Waals surface area contributed by atoms with Crippen LogP contribution in [0, 0.1) is 5.82 Å². The Morgan fingerprint density at radius 2 is 1.83 bits per heavy atom. The molecule has 1 spiro atoms.